The number of hydrogen-bond acceptors (Lipinski definition) is 3. The van der Waals surface area contributed by atoms with Crippen LogP contribution in [0.25, 0.3) is 0 Å². The lowest BCUT2D eigenvalue weighted by Gasteiger charge is -2.28. The summed E-state index contributed by atoms with van der Waals surface area (Å²) in [4.78, 5) is 13.3. The number of alkyl halides is 2. The molecule has 0 bridgehead atoms. The Kier molecular flexibility index (Phi) is 2.76. The zero-order valence-corrected chi connectivity index (χ0v) is 11.4. The zero-order chi connectivity index (χ0) is 13.0. The Labute approximate surface area is 110 Å². The SMILES string of the molecule is CC(C)(C)OC(=O)N1CC2C(C1C#N)C2(Cl)Cl. The summed E-state index contributed by atoms with van der Waals surface area (Å²) in [7, 11) is 0. The topological polar surface area (TPSA) is 53.3 Å². The van der Waals surface area contributed by atoms with Gasteiger partial charge >= 0.3 is 6.09 Å². The van der Waals surface area contributed by atoms with Crippen molar-refractivity contribution in [3.63, 3.8) is 0 Å². The third-order valence-corrected chi connectivity index (χ3v) is 4.16. The van der Waals surface area contributed by atoms with E-state index in [0.29, 0.717) is 6.54 Å². The van der Waals surface area contributed by atoms with Crippen LogP contribution in [0.3, 0.4) is 0 Å². The second-order valence-electron chi connectivity index (χ2n) is 5.51. The summed E-state index contributed by atoms with van der Waals surface area (Å²) in [6.45, 7) is 5.76. The van der Waals surface area contributed by atoms with Gasteiger partial charge in [0, 0.05) is 18.4 Å². The number of ether oxygens (including phenoxy) is 1. The number of nitriles is 1. The van der Waals surface area contributed by atoms with Crippen LogP contribution < -0.4 is 0 Å². The fraction of sp³-hybridized carbons (Fsp3) is 0.818. The van der Waals surface area contributed by atoms with Gasteiger partial charge in [0.2, 0.25) is 0 Å². The minimum atomic E-state index is -0.848. The van der Waals surface area contributed by atoms with E-state index in [0.717, 1.165) is 0 Å². The van der Waals surface area contributed by atoms with Gasteiger partial charge in [0.25, 0.3) is 0 Å². The third-order valence-electron chi connectivity index (χ3n) is 3.09. The quantitative estimate of drug-likeness (QED) is 0.639. The first-order valence-electron chi connectivity index (χ1n) is 5.45. The van der Waals surface area contributed by atoms with E-state index in [2.05, 4.69) is 6.07 Å². The number of amides is 1. The number of nitrogens with zero attached hydrogens (tertiary/aromatic N) is 2. The molecule has 0 aromatic heterocycles. The first kappa shape index (κ1) is 12.8. The van der Waals surface area contributed by atoms with Gasteiger partial charge in [-0.2, -0.15) is 5.26 Å². The van der Waals surface area contributed by atoms with Crippen LogP contribution in [0.5, 0.6) is 0 Å². The maximum atomic E-state index is 11.9. The summed E-state index contributed by atoms with van der Waals surface area (Å²) in [5, 5.41) is 9.10. The van der Waals surface area contributed by atoms with Crippen molar-refractivity contribution in [1.29, 1.82) is 5.26 Å². The van der Waals surface area contributed by atoms with Crippen molar-refractivity contribution in [2.75, 3.05) is 6.54 Å². The van der Waals surface area contributed by atoms with E-state index in [1.807, 2.05) is 0 Å². The summed E-state index contributed by atoms with van der Waals surface area (Å²) in [6, 6.07) is 1.51. The predicted octanol–water partition coefficient (Wildman–Crippen LogP) is 2.55. The number of carbonyl (C=O) groups excluding carboxylic acids is 1. The molecule has 0 radical (unpaired) electrons. The Balaban J connectivity index is 2.06. The molecule has 1 aliphatic carbocycles. The number of likely N-dealkylation sites (tertiary alicyclic amines) is 1. The van der Waals surface area contributed by atoms with E-state index in [-0.39, 0.29) is 11.8 Å². The highest BCUT2D eigenvalue weighted by Crippen LogP contribution is 2.65. The molecule has 0 aromatic rings. The summed E-state index contributed by atoms with van der Waals surface area (Å²) < 4.78 is 4.39. The molecule has 1 saturated carbocycles. The third kappa shape index (κ3) is 2.07. The maximum absolute atomic E-state index is 11.9. The van der Waals surface area contributed by atoms with Crippen molar-refractivity contribution in [3.8, 4) is 6.07 Å². The van der Waals surface area contributed by atoms with Crippen molar-refractivity contribution < 1.29 is 9.53 Å². The van der Waals surface area contributed by atoms with Gasteiger partial charge in [-0.1, -0.05) is 0 Å². The number of rotatable bonds is 0. The average molecular weight is 277 g/mol. The van der Waals surface area contributed by atoms with E-state index < -0.39 is 22.1 Å². The summed E-state index contributed by atoms with van der Waals surface area (Å²) in [6.07, 6.45) is -0.472. The van der Waals surface area contributed by atoms with E-state index >= 15 is 0 Å². The van der Waals surface area contributed by atoms with Gasteiger partial charge in [0.15, 0.2) is 0 Å². The predicted molar refractivity (Wildman–Crippen MR) is 63.8 cm³/mol. The molecule has 6 heteroatoms. The Bertz CT molecular complexity index is 397. The second kappa shape index (κ2) is 3.66. The summed E-state index contributed by atoms with van der Waals surface area (Å²) in [5.74, 6) is -0.161. The van der Waals surface area contributed by atoms with Crippen LogP contribution in [-0.2, 0) is 4.74 Å². The van der Waals surface area contributed by atoms with Gasteiger partial charge in [0.1, 0.15) is 16.0 Å². The Hall–Kier alpha value is -0.660. The van der Waals surface area contributed by atoms with Crippen molar-refractivity contribution in [2.45, 2.75) is 36.7 Å². The molecule has 1 heterocycles. The fourth-order valence-electron chi connectivity index (χ4n) is 2.26. The second-order valence-corrected chi connectivity index (χ2v) is 6.96. The van der Waals surface area contributed by atoms with E-state index in [1.54, 1.807) is 20.8 Å². The Morgan fingerprint density at radius 2 is 2.12 bits per heavy atom. The number of carbonyl (C=O) groups is 1. The van der Waals surface area contributed by atoms with Crippen LogP contribution in [0.1, 0.15) is 20.8 Å². The first-order valence-corrected chi connectivity index (χ1v) is 6.21. The van der Waals surface area contributed by atoms with Crippen LogP contribution >= 0.6 is 23.2 Å². The summed E-state index contributed by atoms with van der Waals surface area (Å²) >= 11 is 12.0. The molecule has 4 nitrogen and oxygen atoms in total. The lowest BCUT2D eigenvalue weighted by molar-refractivity contribution is 0.0231. The highest BCUT2D eigenvalue weighted by atomic mass is 35.5. The normalized spacial score (nSPS) is 33.9. The molecule has 0 N–H and O–H groups in total. The van der Waals surface area contributed by atoms with Crippen LogP contribution in [0.15, 0.2) is 0 Å². The standard InChI is InChI=1S/C11H14Cl2N2O2/c1-10(2,3)17-9(16)15-5-6-8(7(15)4-14)11(6,12)13/h6-8H,5H2,1-3H3. The Morgan fingerprint density at radius 3 is 2.59 bits per heavy atom. The molecular formula is C11H14Cl2N2O2. The lowest BCUT2D eigenvalue weighted by atomic mass is 10.2. The van der Waals surface area contributed by atoms with Gasteiger partial charge in [-0.05, 0) is 20.8 Å². The number of fused-ring (bicyclic) bond motifs is 1. The monoisotopic (exact) mass is 276 g/mol. The molecule has 2 rings (SSSR count). The van der Waals surface area contributed by atoms with Crippen LogP contribution in [0.4, 0.5) is 4.79 Å². The van der Waals surface area contributed by atoms with Gasteiger partial charge in [-0.25, -0.2) is 4.79 Å². The molecule has 0 spiro atoms. The molecule has 17 heavy (non-hydrogen) atoms. The highest BCUT2D eigenvalue weighted by Gasteiger charge is 2.72. The van der Waals surface area contributed by atoms with Crippen LogP contribution in [0, 0.1) is 23.2 Å². The lowest BCUT2D eigenvalue weighted by Crippen LogP contribution is -2.43. The zero-order valence-electron chi connectivity index (χ0n) is 9.91. The molecule has 94 valence electrons. The van der Waals surface area contributed by atoms with Crippen molar-refractivity contribution in [3.05, 3.63) is 0 Å². The molecule has 3 unspecified atom stereocenters. The fourth-order valence-corrected chi connectivity index (χ4v) is 3.09. The summed E-state index contributed by atoms with van der Waals surface area (Å²) in [5.41, 5.74) is -0.567. The minimum Gasteiger partial charge on any atom is -0.444 e. The molecule has 0 aromatic carbocycles. The molecule has 2 aliphatic rings. The van der Waals surface area contributed by atoms with E-state index in [9.17, 15) is 4.79 Å². The molecule has 1 amide bonds. The number of hydrogen-bond donors (Lipinski definition) is 0. The van der Waals surface area contributed by atoms with E-state index in [4.69, 9.17) is 33.2 Å². The van der Waals surface area contributed by atoms with Gasteiger partial charge in [-0.3, -0.25) is 4.90 Å². The maximum Gasteiger partial charge on any atom is 0.411 e. The van der Waals surface area contributed by atoms with Gasteiger partial charge < -0.3 is 4.74 Å². The Morgan fingerprint density at radius 1 is 1.53 bits per heavy atom. The van der Waals surface area contributed by atoms with Gasteiger partial charge in [-0.15, -0.1) is 23.2 Å². The highest BCUT2D eigenvalue weighted by molar-refractivity contribution is 6.51. The minimum absolute atomic E-state index is 0.0111. The first-order chi connectivity index (χ1) is 7.68. The van der Waals surface area contributed by atoms with Crippen molar-refractivity contribution >= 4 is 29.3 Å². The number of halogens is 2. The van der Waals surface area contributed by atoms with Crippen LogP contribution in [-0.4, -0.2) is 33.5 Å². The van der Waals surface area contributed by atoms with Crippen molar-refractivity contribution in [1.82, 2.24) is 4.90 Å². The molecule has 1 aliphatic heterocycles. The van der Waals surface area contributed by atoms with E-state index in [1.165, 1.54) is 4.90 Å². The number of piperidine rings is 1. The van der Waals surface area contributed by atoms with Crippen molar-refractivity contribution in [2.24, 2.45) is 11.8 Å². The smallest absolute Gasteiger partial charge is 0.411 e. The van der Waals surface area contributed by atoms with Crippen LogP contribution in [0.2, 0.25) is 0 Å². The average Bonchev–Trinajstić information content (AvgIpc) is 2.59. The molecule has 1 saturated heterocycles. The van der Waals surface area contributed by atoms with Gasteiger partial charge in [0.05, 0.1) is 6.07 Å². The largest absolute Gasteiger partial charge is 0.444 e. The molecule has 2 fully saturated rings. The molecule has 3 atom stereocenters. The molecular weight excluding hydrogens is 263 g/mol.